The minimum atomic E-state index is -0.122. The lowest BCUT2D eigenvalue weighted by molar-refractivity contribution is 0.252. The summed E-state index contributed by atoms with van der Waals surface area (Å²) in [7, 11) is 0. The molecule has 4 heteroatoms. The quantitative estimate of drug-likeness (QED) is 0.630. The van der Waals surface area contributed by atoms with Crippen LogP contribution in [-0.4, -0.2) is 19.1 Å². The van der Waals surface area contributed by atoms with Gasteiger partial charge in [0.25, 0.3) is 0 Å². The molecule has 2 rings (SSSR count). The molecule has 0 radical (unpaired) electrons. The van der Waals surface area contributed by atoms with Crippen molar-refractivity contribution in [3.8, 4) is 0 Å². The van der Waals surface area contributed by atoms with Crippen LogP contribution in [0.2, 0.25) is 0 Å². The molecule has 1 saturated carbocycles. The van der Waals surface area contributed by atoms with Gasteiger partial charge in [-0.25, -0.2) is 4.79 Å². The summed E-state index contributed by atoms with van der Waals surface area (Å²) in [5.74, 6) is 0. The van der Waals surface area contributed by atoms with E-state index in [0.29, 0.717) is 6.54 Å². The number of rotatable bonds is 8. The molecule has 0 aliphatic heterocycles. The molecular weight excluding hydrogens is 286 g/mol. The SMILES string of the molecule is CCCCCCNC(=O)Nc1ccc(C2(CN)CCCC2)cc1. The third-order valence-electron chi connectivity index (χ3n) is 5.02. The van der Waals surface area contributed by atoms with Crippen LogP contribution in [0.15, 0.2) is 24.3 Å². The second-order valence-corrected chi connectivity index (χ2v) is 6.71. The highest BCUT2D eigenvalue weighted by Gasteiger charge is 2.33. The van der Waals surface area contributed by atoms with Gasteiger partial charge in [0.05, 0.1) is 0 Å². The van der Waals surface area contributed by atoms with Crippen LogP contribution >= 0.6 is 0 Å². The number of hydrogen-bond donors (Lipinski definition) is 3. The first-order valence-corrected chi connectivity index (χ1v) is 9.06. The van der Waals surface area contributed by atoms with Crippen LogP contribution in [0, 0.1) is 0 Å². The Kier molecular flexibility index (Phi) is 6.90. The van der Waals surface area contributed by atoms with Crippen LogP contribution in [0.5, 0.6) is 0 Å². The molecule has 1 fully saturated rings. The van der Waals surface area contributed by atoms with Gasteiger partial charge in [0.15, 0.2) is 0 Å². The van der Waals surface area contributed by atoms with E-state index in [1.807, 2.05) is 12.1 Å². The Morgan fingerprint density at radius 3 is 2.43 bits per heavy atom. The summed E-state index contributed by atoms with van der Waals surface area (Å²) in [6.07, 6.45) is 9.53. The molecule has 0 bridgehead atoms. The first-order valence-electron chi connectivity index (χ1n) is 9.06. The summed E-state index contributed by atoms with van der Waals surface area (Å²) < 4.78 is 0. The number of amides is 2. The van der Waals surface area contributed by atoms with Crippen molar-refractivity contribution in [3.05, 3.63) is 29.8 Å². The highest BCUT2D eigenvalue weighted by atomic mass is 16.2. The largest absolute Gasteiger partial charge is 0.338 e. The van der Waals surface area contributed by atoms with Crippen molar-refractivity contribution in [2.24, 2.45) is 5.73 Å². The number of nitrogens with one attached hydrogen (secondary N) is 2. The van der Waals surface area contributed by atoms with Crippen LogP contribution in [0.3, 0.4) is 0 Å². The van der Waals surface area contributed by atoms with Gasteiger partial charge in [-0.05, 0) is 37.0 Å². The summed E-state index contributed by atoms with van der Waals surface area (Å²) in [6.45, 7) is 3.63. The van der Waals surface area contributed by atoms with Crippen molar-refractivity contribution >= 4 is 11.7 Å². The molecule has 0 saturated heterocycles. The molecule has 1 aliphatic carbocycles. The maximum atomic E-state index is 11.9. The number of nitrogens with two attached hydrogens (primary N) is 1. The van der Waals surface area contributed by atoms with E-state index in [-0.39, 0.29) is 11.4 Å². The molecule has 23 heavy (non-hydrogen) atoms. The summed E-state index contributed by atoms with van der Waals surface area (Å²) in [6, 6.07) is 8.09. The Bertz CT molecular complexity index is 478. The highest BCUT2D eigenvalue weighted by molar-refractivity contribution is 5.89. The molecule has 4 N–H and O–H groups in total. The lowest BCUT2D eigenvalue weighted by Crippen LogP contribution is -2.32. The smallest absolute Gasteiger partial charge is 0.319 e. The van der Waals surface area contributed by atoms with Crippen LogP contribution in [0.1, 0.15) is 63.9 Å². The number of urea groups is 1. The minimum absolute atomic E-state index is 0.122. The molecule has 0 atom stereocenters. The lowest BCUT2D eigenvalue weighted by atomic mass is 9.79. The summed E-state index contributed by atoms with van der Waals surface area (Å²) in [4.78, 5) is 11.9. The van der Waals surface area contributed by atoms with Crippen LogP contribution in [0.4, 0.5) is 10.5 Å². The molecule has 128 valence electrons. The van der Waals surface area contributed by atoms with Gasteiger partial charge in [0, 0.05) is 24.2 Å². The predicted octanol–water partition coefficient (Wildman–Crippen LogP) is 4.16. The lowest BCUT2D eigenvalue weighted by Gasteiger charge is -2.28. The zero-order valence-electron chi connectivity index (χ0n) is 14.4. The Morgan fingerprint density at radius 1 is 1.13 bits per heavy atom. The van der Waals surface area contributed by atoms with Gasteiger partial charge >= 0.3 is 6.03 Å². The Hall–Kier alpha value is -1.55. The zero-order valence-corrected chi connectivity index (χ0v) is 14.4. The topological polar surface area (TPSA) is 67.2 Å². The van der Waals surface area contributed by atoms with E-state index in [4.69, 9.17) is 5.73 Å². The average molecular weight is 317 g/mol. The maximum absolute atomic E-state index is 11.9. The van der Waals surface area contributed by atoms with E-state index in [1.165, 1.54) is 50.5 Å². The standard InChI is InChI=1S/C19H31N3O/c1-2-3-4-7-14-21-18(23)22-17-10-8-16(9-11-17)19(15-20)12-5-6-13-19/h8-11H,2-7,12-15,20H2,1H3,(H2,21,22,23). The number of unbranched alkanes of at least 4 members (excludes halogenated alkanes) is 3. The normalized spacial score (nSPS) is 16.3. The van der Waals surface area contributed by atoms with E-state index in [9.17, 15) is 4.79 Å². The highest BCUT2D eigenvalue weighted by Crippen LogP contribution is 2.40. The van der Waals surface area contributed by atoms with Crippen LogP contribution in [0.25, 0.3) is 0 Å². The molecule has 1 aromatic rings. The van der Waals surface area contributed by atoms with Gasteiger partial charge in [-0.1, -0.05) is 51.2 Å². The predicted molar refractivity (Wildman–Crippen MR) is 96.8 cm³/mol. The molecule has 4 nitrogen and oxygen atoms in total. The van der Waals surface area contributed by atoms with Gasteiger partial charge in [-0.2, -0.15) is 0 Å². The number of benzene rings is 1. The van der Waals surface area contributed by atoms with E-state index in [2.05, 4.69) is 29.7 Å². The Labute approximate surface area is 140 Å². The fraction of sp³-hybridized carbons (Fsp3) is 0.632. The third kappa shape index (κ3) is 4.96. The van der Waals surface area contributed by atoms with Crippen molar-refractivity contribution in [1.82, 2.24) is 5.32 Å². The number of anilines is 1. The van der Waals surface area contributed by atoms with Crippen LogP contribution in [-0.2, 0) is 5.41 Å². The molecule has 1 aliphatic rings. The van der Waals surface area contributed by atoms with Crippen molar-refractivity contribution in [2.45, 2.75) is 63.7 Å². The van der Waals surface area contributed by atoms with Gasteiger partial charge in [-0.15, -0.1) is 0 Å². The maximum Gasteiger partial charge on any atom is 0.319 e. The Morgan fingerprint density at radius 2 is 1.83 bits per heavy atom. The summed E-state index contributed by atoms with van der Waals surface area (Å²) in [5.41, 5.74) is 8.33. The number of carbonyl (C=O) groups excluding carboxylic acids is 1. The molecule has 0 aromatic heterocycles. The van der Waals surface area contributed by atoms with Crippen molar-refractivity contribution in [2.75, 3.05) is 18.4 Å². The van der Waals surface area contributed by atoms with E-state index >= 15 is 0 Å². The number of carbonyl (C=O) groups is 1. The zero-order chi connectivity index (χ0) is 16.5. The van der Waals surface area contributed by atoms with Crippen LogP contribution < -0.4 is 16.4 Å². The fourth-order valence-corrected chi connectivity index (χ4v) is 3.50. The second-order valence-electron chi connectivity index (χ2n) is 6.71. The first kappa shape index (κ1) is 17.8. The van der Waals surface area contributed by atoms with Gasteiger partial charge in [0.2, 0.25) is 0 Å². The molecular formula is C19H31N3O. The third-order valence-corrected chi connectivity index (χ3v) is 5.02. The van der Waals surface area contributed by atoms with Gasteiger partial charge in [-0.3, -0.25) is 0 Å². The average Bonchev–Trinajstić information content (AvgIpc) is 3.05. The van der Waals surface area contributed by atoms with Crippen molar-refractivity contribution in [3.63, 3.8) is 0 Å². The summed E-state index contributed by atoms with van der Waals surface area (Å²) in [5, 5.41) is 5.81. The molecule has 0 unspecified atom stereocenters. The van der Waals surface area contributed by atoms with E-state index < -0.39 is 0 Å². The van der Waals surface area contributed by atoms with Gasteiger partial charge < -0.3 is 16.4 Å². The summed E-state index contributed by atoms with van der Waals surface area (Å²) >= 11 is 0. The fourth-order valence-electron chi connectivity index (χ4n) is 3.50. The van der Waals surface area contributed by atoms with Crippen molar-refractivity contribution < 1.29 is 4.79 Å². The first-order chi connectivity index (χ1) is 11.2. The molecule has 0 heterocycles. The van der Waals surface area contributed by atoms with E-state index in [0.717, 1.165) is 18.7 Å². The second kappa shape index (κ2) is 8.92. The Balaban J connectivity index is 1.81. The monoisotopic (exact) mass is 317 g/mol. The van der Waals surface area contributed by atoms with Crippen molar-refractivity contribution in [1.29, 1.82) is 0 Å². The van der Waals surface area contributed by atoms with Gasteiger partial charge in [0.1, 0.15) is 0 Å². The minimum Gasteiger partial charge on any atom is -0.338 e. The van der Waals surface area contributed by atoms with E-state index in [1.54, 1.807) is 0 Å². The molecule has 2 amide bonds. The molecule has 1 aromatic carbocycles. The molecule has 0 spiro atoms. The number of hydrogen-bond acceptors (Lipinski definition) is 2.